The Labute approximate surface area is 351 Å². The topological polar surface area (TPSA) is 134 Å². The molecule has 0 amide bonds. The zero-order valence-electron chi connectivity index (χ0n) is 37.3. The Morgan fingerprint density at radius 3 is 1.25 bits per heavy atom. The van der Waals surface area contributed by atoms with E-state index in [1.54, 1.807) is 0 Å². The van der Waals surface area contributed by atoms with E-state index in [9.17, 15) is 19.0 Å². The van der Waals surface area contributed by atoms with Gasteiger partial charge in [-0.2, -0.15) is 0 Å². The maximum atomic E-state index is 12.6. The molecule has 9 nitrogen and oxygen atoms in total. The molecule has 2 unspecified atom stereocenters. The van der Waals surface area contributed by atoms with Gasteiger partial charge in [-0.25, -0.2) is 4.57 Å². The lowest BCUT2D eigenvalue weighted by Gasteiger charge is -2.19. The number of phosphoric acid groups is 1. The normalized spacial score (nSPS) is 13.3. The highest BCUT2D eigenvalue weighted by Crippen LogP contribution is 2.43. The summed E-state index contributed by atoms with van der Waals surface area (Å²) in [7, 11) is -4.37. The Hall–Kier alpha value is -1.25. The number of hydrogen-bond acceptors (Lipinski definition) is 8. The predicted octanol–water partition coefficient (Wildman–Crippen LogP) is 14.2. The largest absolute Gasteiger partial charge is 0.472 e. The number of allylic oxidation sites excluding steroid dienone is 2. The van der Waals surface area contributed by atoms with Crippen LogP contribution >= 0.6 is 7.82 Å². The number of unbranched alkanes of at least 4 members (excludes halogenated alkanes) is 31. The van der Waals surface area contributed by atoms with Crippen LogP contribution in [0.5, 0.6) is 0 Å². The van der Waals surface area contributed by atoms with Crippen molar-refractivity contribution in [2.75, 3.05) is 26.4 Å². The summed E-state index contributed by atoms with van der Waals surface area (Å²) >= 11 is 0. The summed E-state index contributed by atoms with van der Waals surface area (Å²) in [6.45, 7) is 3.76. The van der Waals surface area contributed by atoms with Gasteiger partial charge in [-0.15, -0.1) is 0 Å². The zero-order chi connectivity index (χ0) is 41.8. The Balaban J connectivity index is 3.95. The van der Waals surface area contributed by atoms with Gasteiger partial charge < -0.3 is 20.1 Å². The molecule has 0 rings (SSSR count). The molecule has 0 aromatic carbocycles. The molecule has 0 fully saturated rings. The summed E-state index contributed by atoms with van der Waals surface area (Å²) in [4.78, 5) is 34.9. The molecule has 57 heavy (non-hydrogen) atoms. The van der Waals surface area contributed by atoms with Crippen LogP contribution in [0.15, 0.2) is 12.2 Å². The van der Waals surface area contributed by atoms with E-state index in [-0.39, 0.29) is 38.6 Å². The molecule has 0 radical (unpaired) electrons. The molecule has 0 aromatic rings. The van der Waals surface area contributed by atoms with E-state index in [0.717, 1.165) is 32.1 Å². The maximum Gasteiger partial charge on any atom is 0.472 e. The Kier molecular flexibility index (Phi) is 43.3. The standard InChI is InChI=1S/C47H92NO8P/c1-3-5-7-9-11-13-15-16-17-18-19-20-21-22-23-24-25-26-27-28-30-32-34-36-38-40-47(50)56-45(44-55-57(51,52)54-42-41-48)43-53-46(49)39-37-35-33-31-29-14-12-10-8-6-4-2/h18-19,45H,3-17,20-44,48H2,1-2H3,(H,51,52)/b19-18-. The molecule has 0 bridgehead atoms. The lowest BCUT2D eigenvalue weighted by atomic mass is 10.0. The number of carbonyl (C=O) groups excluding carboxylic acids is 2. The van der Waals surface area contributed by atoms with E-state index >= 15 is 0 Å². The van der Waals surface area contributed by atoms with E-state index in [4.69, 9.17) is 24.3 Å². The maximum absolute atomic E-state index is 12.6. The lowest BCUT2D eigenvalue weighted by Crippen LogP contribution is -2.29. The summed E-state index contributed by atoms with van der Waals surface area (Å²) in [5.41, 5.74) is 5.35. The molecule has 338 valence electrons. The molecule has 0 saturated heterocycles. The van der Waals surface area contributed by atoms with Gasteiger partial charge in [0.05, 0.1) is 13.2 Å². The second kappa shape index (κ2) is 44.3. The molecule has 2 atom stereocenters. The fourth-order valence-corrected chi connectivity index (χ4v) is 7.81. The number of esters is 2. The minimum absolute atomic E-state index is 0.0566. The van der Waals surface area contributed by atoms with Gasteiger partial charge in [0, 0.05) is 19.4 Å². The van der Waals surface area contributed by atoms with Crippen LogP contribution in [-0.2, 0) is 32.7 Å². The van der Waals surface area contributed by atoms with Gasteiger partial charge in [0.25, 0.3) is 0 Å². The number of phosphoric ester groups is 1. The first kappa shape index (κ1) is 55.8. The van der Waals surface area contributed by atoms with Crippen LogP contribution in [0.4, 0.5) is 0 Å². The van der Waals surface area contributed by atoms with Crippen molar-refractivity contribution in [1.29, 1.82) is 0 Å². The third-order valence-electron chi connectivity index (χ3n) is 10.7. The van der Waals surface area contributed by atoms with Gasteiger partial charge in [-0.05, 0) is 38.5 Å². The first-order chi connectivity index (χ1) is 27.8. The van der Waals surface area contributed by atoms with Crippen molar-refractivity contribution in [2.24, 2.45) is 5.73 Å². The van der Waals surface area contributed by atoms with Gasteiger partial charge in [0.1, 0.15) is 6.61 Å². The average molecular weight is 830 g/mol. The molecule has 3 N–H and O–H groups in total. The summed E-state index contributed by atoms with van der Waals surface area (Å²) < 4.78 is 32.8. The van der Waals surface area contributed by atoms with Crippen LogP contribution < -0.4 is 5.73 Å². The Bertz CT molecular complexity index is 948. The molecule has 10 heteroatoms. The Morgan fingerprint density at radius 1 is 0.509 bits per heavy atom. The highest BCUT2D eigenvalue weighted by atomic mass is 31.2. The second-order valence-electron chi connectivity index (χ2n) is 16.3. The van der Waals surface area contributed by atoms with Crippen molar-refractivity contribution >= 4 is 19.8 Å². The average Bonchev–Trinajstić information content (AvgIpc) is 3.20. The molecule has 0 spiro atoms. The molecule has 0 aliphatic heterocycles. The van der Waals surface area contributed by atoms with Crippen LogP contribution in [0.1, 0.15) is 245 Å². The van der Waals surface area contributed by atoms with Crippen LogP contribution in [0.25, 0.3) is 0 Å². The van der Waals surface area contributed by atoms with Crippen molar-refractivity contribution in [3.05, 3.63) is 12.2 Å². The number of nitrogens with two attached hydrogens (primary N) is 1. The number of ether oxygens (including phenoxy) is 2. The van der Waals surface area contributed by atoms with Crippen molar-refractivity contribution in [1.82, 2.24) is 0 Å². The number of rotatable bonds is 46. The minimum atomic E-state index is -4.37. The number of hydrogen-bond donors (Lipinski definition) is 2. The van der Waals surface area contributed by atoms with Crippen LogP contribution in [0.3, 0.4) is 0 Å². The third kappa shape index (κ3) is 44.1. The molecule has 0 aliphatic rings. The van der Waals surface area contributed by atoms with E-state index in [2.05, 4.69) is 26.0 Å². The van der Waals surface area contributed by atoms with Crippen LogP contribution in [0.2, 0.25) is 0 Å². The summed E-state index contributed by atoms with van der Waals surface area (Å²) in [6.07, 6.45) is 46.9. The highest BCUT2D eigenvalue weighted by Gasteiger charge is 2.26. The van der Waals surface area contributed by atoms with Crippen molar-refractivity contribution in [3.8, 4) is 0 Å². The van der Waals surface area contributed by atoms with Crippen LogP contribution in [0, 0.1) is 0 Å². The second-order valence-corrected chi connectivity index (χ2v) is 17.8. The lowest BCUT2D eigenvalue weighted by molar-refractivity contribution is -0.161. The van der Waals surface area contributed by atoms with Crippen molar-refractivity contribution in [3.63, 3.8) is 0 Å². The van der Waals surface area contributed by atoms with Crippen LogP contribution in [-0.4, -0.2) is 49.3 Å². The fraction of sp³-hybridized carbons (Fsp3) is 0.915. The molecule has 0 aliphatic carbocycles. The highest BCUT2D eigenvalue weighted by molar-refractivity contribution is 7.47. The van der Waals surface area contributed by atoms with Crippen molar-refractivity contribution in [2.45, 2.75) is 251 Å². The monoisotopic (exact) mass is 830 g/mol. The third-order valence-corrected chi connectivity index (χ3v) is 11.6. The van der Waals surface area contributed by atoms with Crippen molar-refractivity contribution < 1.29 is 37.6 Å². The Morgan fingerprint density at radius 2 is 0.860 bits per heavy atom. The van der Waals surface area contributed by atoms with Gasteiger partial charge in [0.15, 0.2) is 6.10 Å². The van der Waals surface area contributed by atoms with Gasteiger partial charge in [-0.3, -0.25) is 18.6 Å². The summed E-state index contributed by atoms with van der Waals surface area (Å²) in [5.74, 6) is -0.817. The van der Waals surface area contributed by atoms with Gasteiger partial charge >= 0.3 is 19.8 Å². The SMILES string of the molecule is CCCCCCCCCC/C=C\CCCCCCCCCCCCCCCC(=O)OC(COC(=O)CCCCCCCCCCCCC)COP(=O)(O)OCCN. The van der Waals surface area contributed by atoms with Gasteiger partial charge in [-0.1, -0.05) is 206 Å². The zero-order valence-corrected chi connectivity index (χ0v) is 38.2. The van der Waals surface area contributed by atoms with E-state index in [0.29, 0.717) is 6.42 Å². The molecule has 0 aromatic heterocycles. The quantitative estimate of drug-likeness (QED) is 0.0266. The molecular formula is C47H92NO8P. The van der Waals surface area contributed by atoms with Gasteiger partial charge in [0.2, 0.25) is 0 Å². The smallest absolute Gasteiger partial charge is 0.462 e. The fourth-order valence-electron chi connectivity index (χ4n) is 7.04. The van der Waals surface area contributed by atoms with E-state index in [1.807, 2.05) is 0 Å². The summed E-state index contributed by atoms with van der Waals surface area (Å²) in [5, 5.41) is 0. The first-order valence-corrected chi connectivity index (χ1v) is 25.7. The minimum Gasteiger partial charge on any atom is -0.462 e. The molecule has 0 saturated carbocycles. The van der Waals surface area contributed by atoms with E-state index in [1.165, 1.54) is 180 Å². The molecule has 0 heterocycles. The van der Waals surface area contributed by atoms with E-state index < -0.39 is 26.5 Å². The predicted molar refractivity (Wildman–Crippen MR) is 238 cm³/mol. The number of carbonyl (C=O) groups is 2. The molecular weight excluding hydrogens is 737 g/mol. The first-order valence-electron chi connectivity index (χ1n) is 24.2. The summed E-state index contributed by atoms with van der Waals surface area (Å²) in [6, 6.07) is 0.